The van der Waals surface area contributed by atoms with Gasteiger partial charge in [0, 0.05) is 43.8 Å². The number of ether oxygens (including phenoxy) is 1. The van der Waals surface area contributed by atoms with E-state index < -0.39 is 6.61 Å². The van der Waals surface area contributed by atoms with Crippen molar-refractivity contribution in [2.24, 2.45) is 0 Å². The molecule has 0 aromatic heterocycles. The summed E-state index contributed by atoms with van der Waals surface area (Å²) in [6.45, 7) is 1.38. The molecule has 1 heterocycles. The summed E-state index contributed by atoms with van der Waals surface area (Å²) in [6, 6.07) is 5.07. The number of carbonyl (C=O) groups excluding carboxylic acids is 1. The van der Waals surface area contributed by atoms with Gasteiger partial charge in [-0.25, -0.2) is 0 Å². The van der Waals surface area contributed by atoms with E-state index in [1.54, 1.807) is 31.1 Å². The van der Waals surface area contributed by atoms with E-state index in [9.17, 15) is 13.6 Å². The zero-order valence-corrected chi connectivity index (χ0v) is 16.1. The van der Waals surface area contributed by atoms with Gasteiger partial charge in [0.2, 0.25) is 5.91 Å². The molecule has 0 spiro atoms. The minimum Gasteiger partial charge on any atom is -0.434 e. The standard InChI is InChI=1S/C17H24BrF2N3O2/c1-21(2)16(24)12-23-7-3-6-22(8-9-23)11-13-10-14(18)4-5-15(13)25-17(19)20/h4-5,10,17H,3,6-9,11-12H2,1-2H3. The highest BCUT2D eigenvalue weighted by Gasteiger charge is 2.19. The Hall–Kier alpha value is -1.25. The molecule has 8 heteroatoms. The summed E-state index contributed by atoms with van der Waals surface area (Å²) < 4.78 is 30.6. The van der Waals surface area contributed by atoms with Crippen molar-refractivity contribution >= 4 is 21.8 Å². The molecule has 1 amide bonds. The fraction of sp³-hybridized carbons (Fsp3) is 0.588. The lowest BCUT2D eigenvalue weighted by Crippen LogP contribution is -2.38. The van der Waals surface area contributed by atoms with Crippen LogP contribution in [0.5, 0.6) is 5.75 Å². The first-order chi connectivity index (χ1) is 11.8. The number of halogens is 3. The molecule has 140 valence electrons. The number of rotatable bonds is 6. The quantitative estimate of drug-likeness (QED) is 0.709. The number of hydrogen-bond acceptors (Lipinski definition) is 4. The van der Waals surface area contributed by atoms with Gasteiger partial charge in [-0.1, -0.05) is 15.9 Å². The molecule has 0 radical (unpaired) electrons. The predicted molar refractivity (Wildman–Crippen MR) is 95.8 cm³/mol. The average Bonchev–Trinajstić information content (AvgIpc) is 2.75. The molecule has 0 unspecified atom stereocenters. The number of alkyl halides is 2. The van der Waals surface area contributed by atoms with Crippen LogP contribution in [0.2, 0.25) is 0 Å². The van der Waals surface area contributed by atoms with Gasteiger partial charge in [-0.2, -0.15) is 8.78 Å². The lowest BCUT2D eigenvalue weighted by atomic mass is 10.2. The molecule has 1 aliphatic rings. The Morgan fingerprint density at radius 2 is 1.92 bits per heavy atom. The zero-order chi connectivity index (χ0) is 18.4. The summed E-state index contributed by atoms with van der Waals surface area (Å²) in [7, 11) is 3.51. The van der Waals surface area contributed by atoms with Crippen LogP contribution in [0.15, 0.2) is 22.7 Å². The minimum atomic E-state index is -2.84. The van der Waals surface area contributed by atoms with Gasteiger partial charge in [-0.15, -0.1) is 0 Å². The predicted octanol–water partition coefficient (Wildman–Crippen LogP) is 2.65. The van der Waals surface area contributed by atoms with Crippen molar-refractivity contribution in [1.29, 1.82) is 0 Å². The third-order valence-electron chi connectivity index (χ3n) is 4.17. The van der Waals surface area contributed by atoms with E-state index in [2.05, 4.69) is 30.5 Å². The van der Waals surface area contributed by atoms with Crippen molar-refractivity contribution in [3.63, 3.8) is 0 Å². The molecule has 0 aliphatic carbocycles. The van der Waals surface area contributed by atoms with Crippen LogP contribution in [0, 0.1) is 0 Å². The molecule has 0 N–H and O–H groups in total. The molecular formula is C17H24BrF2N3O2. The van der Waals surface area contributed by atoms with Crippen LogP contribution in [0.1, 0.15) is 12.0 Å². The van der Waals surface area contributed by atoms with Gasteiger partial charge in [-0.05, 0) is 37.7 Å². The molecular weight excluding hydrogens is 396 g/mol. The minimum absolute atomic E-state index is 0.0908. The highest BCUT2D eigenvalue weighted by molar-refractivity contribution is 9.10. The van der Waals surface area contributed by atoms with Crippen LogP contribution in [0.3, 0.4) is 0 Å². The van der Waals surface area contributed by atoms with Gasteiger partial charge in [0.05, 0.1) is 6.54 Å². The Bertz CT molecular complexity index is 587. The molecule has 0 saturated carbocycles. The Morgan fingerprint density at radius 1 is 1.24 bits per heavy atom. The van der Waals surface area contributed by atoms with Crippen molar-refractivity contribution < 1.29 is 18.3 Å². The lowest BCUT2D eigenvalue weighted by molar-refractivity contribution is -0.129. The van der Waals surface area contributed by atoms with Gasteiger partial charge in [0.15, 0.2) is 0 Å². The zero-order valence-electron chi connectivity index (χ0n) is 14.6. The van der Waals surface area contributed by atoms with Crippen LogP contribution < -0.4 is 4.74 Å². The van der Waals surface area contributed by atoms with Crippen molar-refractivity contribution in [1.82, 2.24) is 14.7 Å². The largest absolute Gasteiger partial charge is 0.434 e. The second-order valence-corrected chi connectivity index (χ2v) is 7.24. The van der Waals surface area contributed by atoms with Crippen LogP contribution in [-0.4, -0.2) is 74.0 Å². The van der Waals surface area contributed by atoms with Crippen LogP contribution >= 0.6 is 15.9 Å². The molecule has 25 heavy (non-hydrogen) atoms. The number of benzene rings is 1. The summed E-state index contributed by atoms with van der Waals surface area (Å²) in [5.74, 6) is 0.301. The van der Waals surface area contributed by atoms with E-state index in [-0.39, 0.29) is 11.7 Å². The van der Waals surface area contributed by atoms with E-state index in [4.69, 9.17) is 0 Å². The monoisotopic (exact) mass is 419 g/mol. The number of likely N-dealkylation sites (N-methyl/N-ethyl adjacent to an activating group) is 1. The molecule has 1 saturated heterocycles. The first kappa shape index (κ1) is 20.1. The fourth-order valence-corrected chi connectivity index (χ4v) is 3.21. The average molecular weight is 420 g/mol. The summed E-state index contributed by atoms with van der Waals surface area (Å²) in [4.78, 5) is 17.8. The van der Waals surface area contributed by atoms with Gasteiger partial charge in [0.25, 0.3) is 0 Å². The Labute approximate surface area is 155 Å². The van der Waals surface area contributed by atoms with Crippen LogP contribution in [-0.2, 0) is 11.3 Å². The first-order valence-corrected chi connectivity index (χ1v) is 9.02. The first-order valence-electron chi connectivity index (χ1n) is 8.23. The number of nitrogens with zero attached hydrogens (tertiary/aromatic N) is 3. The number of hydrogen-bond donors (Lipinski definition) is 0. The van der Waals surface area contributed by atoms with Crippen molar-refractivity contribution in [2.45, 2.75) is 19.6 Å². The van der Waals surface area contributed by atoms with E-state index in [0.29, 0.717) is 13.1 Å². The normalized spacial score (nSPS) is 16.7. The maximum atomic E-state index is 12.6. The SMILES string of the molecule is CN(C)C(=O)CN1CCCN(Cc2cc(Br)ccc2OC(F)F)CC1. The van der Waals surface area contributed by atoms with Crippen LogP contribution in [0.4, 0.5) is 8.78 Å². The Morgan fingerprint density at radius 3 is 2.60 bits per heavy atom. The van der Waals surface area contributed by atoms with E-state index in [0.717, 1.165) is 42.6 Å². The fourth-order valence-electron chi connectivity index (χ4n) is 2.80. The lowest BCUT2D eigenvalue weighted by Gasteiger charge is -2.23. The second kappa shape index (κ2) is 9.45. The summed E-state index contributed by atoms with van der Waals surface area (Å²) in [5, 5.41) is 0. The second-order valence-electron chi connectivity index (χ2n) is 6.32. The van der Waals surface area contributed by atoms with Gasteiger partial charge in [-0.3, -0.25) is 14.6 Å². The molecule has 5 nitrogen and oxygen atoms in total. The molecule has 0 atom stereocenters. The maximum absolute atomic E-state index is 12.6. The van der Waals surface area contributed by atoms with Crippen molar-refractivity contribution in [3.8, 4) is 5.75 Å². The Kier molecular flexibility index (Phi) is 7.58. The molecule has 1 aliphatic heterocycles. The maximum Gasteiger partial charge on any atom is 0.387 e. The van der Waals surface area contributed by atoms with Gasteiger partial charge >= 0.3 is 6.61 Å². The van der Waals surface area contributed by atoms with E-state index in [1.165, 1.54) is 0 Å². The van der Waals surface area contributed by atoms with E-state index >= 15 is 0 Å². The van der Waals surface area contributed by atoms with Crippen molar-refractivity contribution in [3.05, 3.63) is 28.2 Å². The highest BCUT2D eigenvalue weighted by atomic mass is 79.9. The number of carbonyl (C=O) groups is 1. The molecule has 2 rings (SSSR count). The molecule has 1 aromatic rings. The van der Waals surface area contributed by atoms with E-state index in [1.807, 2.05) is 6.07 Å². The highest BCUT2D eigenvalue weighted by Crippen LogP contribution is 2.26. The third-order valence-corrected chi connectivity index (χ3v) is 4.66. The van der Waals surface area contributed by atoms with Gasteiger partial charge < -0.3 is 9.64 Å². The molecule has 1 fully saturated rings. The van der Waals surface area contributed by atoms with Crippen LogP contribution in [0.25, 0.3) is 0 Å². The summed E-state index contributed by atoms with van der Waals surface area (Å²) in [5.41, 5.74) is 0.729. The van der Waals surface area contributed by atoms with Gasteiger partial charge in [0.1, 0.15) is 5.75 Å². The summed E-state index contributed by atoms with van der Waals surface area (Å²) in [6.07, 6.45) is 0.930. The molecule has 0 bridgehead atoms. The summed E-state index contributed by atoms with van der Waals surface area (Å²) >= 11 is 3.38. The van der Waals surface area contributed by atoms with Crippen molar-refractivity contribution in [2.75, 3.05) is 46.8 Å². The number of amides is 1. The topological polar surface area (TPSA) is 36.0 Å². The molecule has 1 aromatic carbocycles. The Balaban J connectivity index is 1.97. The third kappa shape index (κ3) is 6.52. The smallest absolute Gasteiger partial charge is 0.387 e.